The molecule has 476 valence electrons. The summed E-state index contributed by atoms with van der Waals surface area (Å²) in [5, 5.41) is 0. The first kappa shape index (κ1) is 79.1. The predicted molar refractivity (Wildman–Crippen MR) is 362 cm³/mol. The van der Waals surface area contributed by atoms with Gasteiger partial charge in [0.2, 0.25) is 0 Å². The number of esters is 3. The molecule has 0 aromatic rings. The highest BCUT2D eigenvalue weighted by Crippen LogP contribution is 2.16. The minimum Gasteiger partial charge on any atom is -0.462 e. The second-order valence-electron chi connectivity index (χ2n) is 23.4. The van der Waals surface area contributed by atoms with Crippen LogP contribution in [0, 0.1) is 0 Å². The Morgan fingerprint density at radius 1 is 0.253 bits per heavy atom. The zero-order valence-corrected chi connectivity index (χ0v) is 54.7. The molecule has 0 rings (SSSR count). The van der Waals surface area contributed by atoms with Crippen molar-refractivity contribution in [2.24, 2.45) is 0 Å². The van der Waals surface area contributed by atoms with E-state index in [1.807, 2.05) is 0 Å². The van der Waals surface area contributed by atoms with Crippen LogP contribution < -0.4 is 0 Å². The quantitative estimate of drug-likeness (QED) is 0.0261. The smallest absolute Gasteiger partial charge is 0.306 e. The monoisotopic (exact) mass is 1150 g/mol. The van der Waals surface area contributed by atoms with Crippen molar-refractivity contribution < 1.29 is 28.6 Å². The van der Waals surface area contributed by atoms with Crippen LogP contribution in [0.25, 0.3) is 0 Å². The number of unbranched alkanes of at least 4 members (excludes halogenated alkanes) is 35. The normalized spacial score (nSPS) is 12.8. The summed E-state index contributed by atoms with van der Waals surface area (Å²) in [4.78, 5) is 38.5. The van der Waals surface area contributed by atoms with Crippen molar-refractivity contribution >= 4 is 17.9 Å². The summed E-state index contributed by atoms with van der Waals surface area (Å²) < 4.78 is 17.0. The van der Waals surface area contributed by atoms with E-state index in [4.69, 9.17) is 14.2 Å². The average Bonchev–Trinajstić information content (AvgIpc) is 3.49. The van der Waals surface area contributed by atoms with Crippen molar-refractivity contribution in [1.82, 2.24) is 0 Å². The van der Waals surface area contributed by atoms with E-state index < -0.39 is 6.10 Å². The first-order chi connectivity index (χ1) is 41.0. The van der Waals surface area contributed by atoms with Crippen molar-refractivity contribution in [1.29, 1.82) is 0 Å². The van der Waals surface area contributed by atoms with Crippen molar-refractivity contribution in [3.05, 3.63) is 109 Å². The molecule has 0 aromatic carbocycles. The van der Waals surface area contributed by atoms with E-state index >= 15 is 0 Å². The van der Waals surface area contributed by atoms with Crippen LogP contribution in [0.5, 0.6) is 0 Å². The summed E-state index contributed by atoms with van der Waals surface area (Å²) in [5.74, 6) is -0.903. The number of hydrogen-bond donors (Lipinski definition) is 0. The maximum absolute atomic E-state index is 13.0. The van der Waals surface area contributed by atoms with Crippen molar-refractivity contribution in [3.63, 3.8) is 0 Å². The lowest BCUT2D eigenvalue weighted by Crippen LogP contribution is -2.30. The molecule has 0 N–H and O–H groups in total. The molecule has 83 heavy (non-hydrogen) atoms. The molecule has 1 atom stereocenters. The fraction of sp³-hybridized carbons (Fsp3) is 0.727. The van der Waals surface area contributed by atoms with Gasteiger partial charge in [0, 0.05) is 19.3 Å². The zero-order valence-electron chi connectivity index (χ0n) is 54.7. The standard InChI is InChI=1S/C77H132O6/c1-4-7-10-13-16-19-22-25-28-31-34-36-37-38-39-41-43-46-49-52-55-58-61-64-67-70-76(79)82-73-74(72-81-75(78)69-66-63-60-57-54-51-48-45-42-33-30-27-24-21-18-15-12-9-6-3)83-77(80)71-68-65-62-59-56-53-50-47-44-40-35-32-29-26-23-20-17-14-11-8-5-2/h9,12,18,21-23,25-27,30-32,34-35,42,44-45,47,74H,4-8,10-11,13-17,19-20,24,28-29,33,36-41,43,46,48-73H2,1-3H3/b12-9-,21-18-,25-22-,26-23-,30-27-,34-31-,35-32-,45-42-,47-44-. The first-order valence-corrected chi connectivity index (χ1v) is 35.4. The Bertz CT molecular complexity index is 1660. The molecular formula is C77H132O6. The van der Waals surface area contributed by atoms with Gasteiger partial charge in [-0.2, -0.15) is 0 Å². The minimum atomic E-state index is -0.796. The molecule has 0 aliphatic heterocycles. The highest BCUT2D eigenvalue weighted by atomic mass is 16.6. The van der Waals surface area contributed by atoms with E-state index in [2.05, 4.69) is 130 Å². The first-order valence-electron chi connectivity index (χ1n) is 35.4. The Morgan fingerprint density at radius 2 is 0.470 bits per heavy atom. The van der Waals surface area contributed by atoms with Crippen molar-refractivity contribution in [3.8, 4) is 0 Å². The fourth-order valence-electron chi connectivity index (χ4n) is 9.94. The molecule has 0 saturated heterocycles. The van der Waals surface area contributed by atoms with Crippen molar-refractivity contribution in [2.45, 2.75) is 348 Å². The molecule has 0 bridgehead atoms. The molecule has 0 fully saturated rings. The van der Waals surface area contributed by atoms with Gasteiger partial charge in [-0.05, 0) is 128 Å². The number of ether oxygens (including phenoxy) is 3. The predicted octanol–water partition coefficient (Wildman–Crippen LogP) is 24.6. The van der Waals surface area contributed by atoms with E-state index in [1.165, 1.54) is 173 Å². The molecule has 0 radical (unpaired) electrons. The van der Waals surface area contributed by atoms with E-state index in [9.17, 15) is 14.4 Å². The van der Waals surface area contributed by atoms with Gasteiger partial charge in [0.25, 0.3) is 0 Å². The number of carbonyl (C=O) groups excluding carboxylic acids is 3. The second kappa shape index (κ2) is 70.6. The van der Waals surface area contributed by atoms with Crippen LogP contribution in [-0.2, 0) is 28.6 Å². The average molecular weight is 1150 g/mol. The molecule has 0 aliphatic rings. The van der Waals surface area contributed by atoms with Crippen LogP contribution in [0.2, 0.25) is 0 Å². The van der Waals surface area contributed by atoms with Gasteiger partial charge in [-0.15, -0.1) is 0 Å². The summed E-state index contributed by atoms with van der Waals surface area (Å²) in [5.41, 5.74) is 0. The Labute approximate surface area is 514 Å². The van der Waals surface area contributed by atoms with Crippen LogP contribution in [0.15, 0.2) is 109 Å². The molecular weight excluding hydrogens is 1020 g/mol. The van der Waals surface area contributed by atoms with Gasteiger partial charge in [-0.3, -0.25) is 14.4 Å². The molecule has 0 aromatic heterocycles. The Balaban J connectivity index is 4.41. The summed E-state index contributed by atoms with van der Waals surface area (Å²) in [7, 11) is 0. The molecule has 0 spiro atoms. The number of rotatable bonds is 64. The van der Waals surface area contributed by atoms with Crippen LogP contribution in [0.3, 0.4) is 0 Å². The highest BCUT2D eigenvalue weighted by molar-refractivity contribution is 5.71. The largest absolute Gasteiger partial charge is 0.462 e. The number of hydrogen-bond acceptors (Lipinski definition) is 6. The van der Waals surface area contributed by atoms with Gasteiger partial charge < -0.3 is 14.2 Å². The van der Waals surface area contributed by atoms with E-state index in [-0.39, 0.29) is 31.1 Å². The van der Waals surface area contributed by atoms with Crippen LogP contribution >= 0.6 is 0 Å². The van der Waals surface area contributed by atoms with Gasteiger partial charge in [-0.1, -0.05) is 304 Å². The van der Waals surface area contributed by atoms with E-state index in [1.54, 1.807) is 0 Å². The summed E-state index contributed by atoms with van der Waals surface area (Å²) in [6, 6.07) is 0. The molecule has 1 unspecified atom stereocenters. The molecule has 0 aliphatic carbocycles. The number of allylic oxidation sites excluding steroid dienone is 18. The minimum absolute atomic E-state index is 0.0884. The number of carbonyl (C=O) groups is 3. The molecule has 6 nitrogen and oxygen atoms in total. The van der Waals surface area contributed by atoms with Crippen LogP contribution in [0.4, 0.5) is 0 Å². The lowest BCUT2D eigenvalue weighted by atomic mass is 10.0. The van der Waals surface area contributed by atoms with Crippen LogP contribution in [-0.4, -0.2) is 37.2 Å². The third kappa shape index (κ3) is 68.7. The third-order valence-electron chi connectivity index (χ3n) is 15.2. The molecule has 6 heteroatoms. The molecule has 0 heterocycles. The third-order valence-corrected chi connectivity index (χ3v) is 15.2. The maximum atomic E-state index is 13.0. The fourth-order valence-corrected chi connectivity index (χ4v) is 9.94. The van der Waals surface area contributed by atoms with Gasteiger partial charge in [0.15, 0.2) is 6.10 Å². The SMILES string of the molecule is CC/C=C\C/C=C\C/C=C\C/C=C\CCCCCCCCC(=O)OCC(COC(=O)CCCCCCCCCCCCCCC/C=C\C/C=C\CCCCCCC)OC(=O)CCCCCCCC/C=C\C/C=C\C/C=C\CCCCCCC. The Morgan fingerprint density at radius 3 is 0.735 bits per heavy atom. The van der Waals surface area contributed by atoms with Crippen LogP contribution in [0.1, 0.15) is 342 Å². The van der Waals surface area contributed by atoms with E-state index in [0.717, 1.165) is 128 Å². The zero-order chi connectivity index (χ0) is 59.9. The maximum Gasteiger partial charge on any atom is 0.306 e. The molecule has 0 saturated carbocycles. The topological polar surface area (TPSA) is 78.9 Å². The van der Waals surface area contributed by atoms with Crippen molar-refractivity contribution in [2.75, 3.05) is 13.2 Å². The summed E-state index contributed by atoms with van der Waals surface area (Å²) in [6.07, 6.45) is 96.7. The lowest BCUT2D eigenvalue weighted by Gasteiger charge is -2.18. The summed E-state index contributed by atoms with van der Waals surface area (Å²) >= 11 is 0. The molecule has 0 amide bonds. The Hall–Kier alpha value is -3.93. The summed E-state index contributed by atoms with van der Waals surface area (Å²) in [6.45, 7) is 6.52. The van der Waals surface area contributed by atoms with E-state index in [0.29, 0.717) is 19.3 Å². The van der Waals surface area contributed by atoms with Gasteiger partial charge in [0.1, 0.15) is 13.2 Å². The lowest BCUT2D eigenvalue weighted by molar-refractivity contribution is -0.167. The highest BCUT2D eigenvalue weighted by Gasteiger charge is 2.19. The van der Waals surface area contributed by atoms with Gasteiger partial charge >= 0.3 is 17.9 Å². The second-order valence-corrected chi connectivity index (χ2v) is 23.4. The van der Waals surface area contributed by atoms with Gasteiger partial charge in [0.05, 0.1) is 0 Å². The Kier molecular flexibility index (Phi) is 67.2. The van der Waals surface area contributed by atoms with Gasteiger partial charge in [-0.25, -0.2) is 0 Å².